The number of aromatic nitrogens is 3. The summed E-state index contributed by atoms with van der Waals surface area (Å²) in [7, 11) is 0. The van der Waals surface area contributed by atoms with Gasteiger partial charge in [-0.1, -0.05) is 0 Å². The highest BCUT2D eigenvalue weighted by Crippen LogP contribution is 2.27. The van der Waals surface area contributed by atoms with E-state index >= 15 is 0 Å². The maximum Gasteiger partial charge on any atom is 0.453 e. The molecule has 0 unspecified atom stereocenters. The van der Waals surface area contributed by atoms with Gasteiger partial charge in [-0.25, -0.2) is 9.50 Å². The number of rotatable bonds is 0. The molecule has 15 heavy (non-hydrogen) atoms. The molecule has 0 atom stereocenters. The van der Waals surface area contributed by atoms with Gasteiger partial charge in [0.1, 0.15) is 0 Å². The van der Waals surface area contributed by atoms with Crippen LogP contribution in [0.3, 0.4) is 0 Å². The molecule has 0 bridgehead atoms. The average Bonchev–Trinajstić information content (AvgIpc) is 2.46. The second-order valence-corrected chi connectivity index (χ2v) is 3.17. The molecule has 4 nitrogen and oxygen atoms in total. The smallest absolute Gasteiger partial charge is 0.396 e. The molecule has 2 N–H and O–H groups in total. The monoisotopic (exact) mass is 216 g/mol. The maximum atomic E-state index is 12.3. The Bertz CT molecular complexity index is 514. The van der Waals surface area contributed by atoms with Crippen LogP contribution in [0, 0.1) is 6.92 Å². The second kappa shape index (κ2) is 2.85. The largest absolute Gasteiger partial charge is 0.453 e. The molecule has 7 heteroatoms. The minimum atomic E-state index is -4.55. The van der Waals surface area contributed by atoms with Gasteiger partial charge in [-0.3, -0.25) is 0 Å². The number of halogens is 3. The lowest BCUT2D eigenvalue weighted by molar-refractivity contribution is -0.144. The summed E-state index contributed by atoms with van der Waals surface area (Å²) in [6.45, 7) is 1.71. The zero-order valence-corrected chi connectivity index (χ0v) is 7.71. The number of hydrogen-bond donors (Lipinski definition) is 1. The normalized spacial score (nSPS) is 12.3. The van der Waals surface area contributed by atoms with Gasteiger partial charge in [0, 0.05) is 6.20 Å². The molecule has 0 spiro atoms. The lowest BCUT2D eigenvalue weighted by atomic mass is 10.3. The van der Waals surface area contributed by atoms with Crippen LogP contribution in [0.15, 0.2) is 12.3 Å². The number of nitrogens with zero attached hydrogens (tertiary/aromatic N) is 3. The van der Waals surface area contributed by atoms with Gasteiger partial charge in [-0.05, 0) is 18.6 Å². The van der Waals surface area contributed by atoms with Crippen LogP contribution in [-0.2, 0) is 6.18 Å². The molecule has 0 aromatic carbocycles. The van der Waals surface area contributed by atoms with E-state index in [4.69, 9.17) is 5.73 Å². The number of hydrogen-bond acceptors (Lipinski definition) is 3. The van der Waals surface area contributed by atoms with Gasteiger partial charge in [0.25, 0.3) is 5.82 Å². The number of pyridine rings is 1. The summed E-state index contributed by atoms with van der Waals surface area (Å²) < 4.78 is 37.9. The predicted molar refractivity (Wildman–Crippen MR) is 47.1 cm³/mol. The van der Waals surface area contributed by atoms with E-state index in [1.807, 2.05) is 0 Å². The SMILES string of the molecule is Cc1cc(N)c2nc(C(F)(F)F)nn2c1. The summed E-state index contributed by atoms with van der Waals surface area (Å²) in [6, 6.07) is 1.55. The fourth-order valence-electron chi connectivity index (χ4n) is 1.27. The number of nitrogens with two attached hydrogens (primary N) is 1. The Morgan fingerprint density at radius 1 is 1.40 bits per heavy atom. The molecule has 0 saturated carbocycles. The fourth-order valence-corrected chi connectivity index (χ4v) is 1.27. The lowest BCUT2D eigenvalue weighted by Crippen LogP contribution is -2.07. The number of anilines is 1. The van der Waals surface area contributed by atoms with Gasteiger partial charge in [-0.15, -0.1) is 5.10 Å². The molecular weight excluding hydrogens is 209 g/mol. The Kier molecular flexibility index (Phi) is 1.85. The van der Waals surface area contributed by atoms with Gasteiger partial charge in [-0.2, -0.15) is 13.2 Å². The molecule has 2 aromatic heterocycles. The van der Waals surface area contributed by atoms with Crippen molar-refractivity contribution in [3.8, 4) is 0 Å². The van der Waals surface area contributed by atoms with Crippen LogP contribution in [-0.4, -0.2) is 14.6 Å². The molecule has 0 amide bonds. The van der Waals surface area contributed by atoms with E-state index in [1.54, 1.807) is 13.0 Å². The van der Waals surface area contributed by atoms with E-state index < -0.39 is 12.0 Å². The summed E-state index contributed by atoms with van der Waals surface area (Å²) in [6.07, 6.45) is -3.11. The van der Waals surface area contributed by atoms with Crippen LogP contribution in [0.2, 0.25) is 0 Å². The maximum absolute atomic E-state index is 12.3. The summed E-state index contributed by atoms with van der Waals surface area (Å²) >= 11 is 0. The molecule has 2 heterocycles. The Morgan fingerprint density at radius 2 is 2.07 bits per heavy atom. The molecule has 2 rings (SSSR count). The highest BCUT2D eigenvalue weighted by atomic mass is 19.4. The summed E-state index contributed by atoms with van der Waals surface area (Å²) in [5.74, 6) is -1.18. The molecule has 0 aliphatic heterocycles. The van der Waals surface area contributed by atoms with Crippen molar-refractivity contribution in [2.24, 2.45) is 0 Å². The minimum Gasteiger partial charge on any atom is -0.396 e. The number of nitrogen functional groups attached to an aromatic ring is 1. The number of aryl methyl sites for hydroxylation is 1. The summed E-state index contributed by atoms with van der Waals surface area (Å²) in [5, 5.41) is 3.31. The third kappa shape index (κ3) is 1.60. The first-order valence-corrected chi connectivity index (χ1v) is 4.07. The zero-order chi connectivity index (χ0) is 11.2. The Labute approximate surface area is 82.5 Å². The number of alkyl halides is 3. The van der Waals surface area contributed by atoms with Crippen LogP contribution in [0.25, 0.3) is 5.65 Å². The van der Waals surface area contributed by atoms with Crippen molar-refractivity contribution in [2.75, 3.05) is 5.73 Å². The Morgan fingerprint density at radius 3 is 2.67 bits per heavy atom. The summed E-state index contributed by atoms with van der Waals surface area (Å²) in [5.41, 5.74) is 6.44. The third-order valence-corrected chi connectivity index (χ3v) is 1.85. The molecule has 0 radical (unpaired) electrons. The predicted octanol–water partition coefficient (Wildman–Crippen LogP) is 1.64. The van der Waals surface area contributed by atoms with Crippen molar-refractivity contribution < 1.29 is 13.2 Å². The first-order valence-electron chi connectivity index (χ1n) is 4.07. The fraction of sp³-hybridized carbons (Fsp3) is 0.250. The van der Waals surface area contributed by atoms with Gasteiger partial charge in [0.05, 0.1) is 5.69 Å². The second-order valence-electron chi connectivity index (χ2n) is 3.17. The molecule has 80 valence electrons. The summed E-state index contributed by atoms with van der Waals surface area (Å²) in [4.78, 5) is 3.33. The Balaban J connectivity index is 2.71. The highest BCUT2D eigenvalue weighted by Gasteiger charge is 2.36. The molecule has 2 aromatic rings. The van der Waals surface area contributed by atoms with Crippen molar-refractivity contribution in [1.82, 2.24) is 14.6 Å². The van der Waals surface area contributed by atoms with Crippen LogP contribution in [0.4, 0.5) is 18.9 Å². The first kappa shape index (κ1) is 9.75. The zero-order valence-electron chi connectivity index (χ0n) is 7.71. The minimum absolute atomic E-state index is 0.0212. The number of fused-ring (bicyclic) bond motifs is 1. The van der Waals surface area contributed by atoms with Crippen molar-refractivity contribution in [2.45, 2.75) is 13.1 Å². The van der Waals surface area contributed by atoms with E-state index in [1.165, 1.54) is 6.20 Å². The standard InChI is InChI=1S/C8H7F3N4/c1-4-2-5(12)6-13-7(8(9,10)11)14-15(6)3-4/h2-3H,12H2,1H3. The van der Waals surface area contributed by atoms with Crippen molar-refractivity contribution in [3.63, 3.8) is 0 Å². The molecule has 0 saturated heterocycles. The molecule has 0 aliphatic rings. The van der Waals surface area contributed by atoms with Gasteiger partial charge in [0.15, 0.2) is 5.65 Å². The van der Waals surface area contributed by atoms with Gasteiger partial charge >= 0.3 is 6.18 Å². The highest BCUT2D eigenvalue weighted by molar-refractivity contribution is 5.64. The molecule has 0 aliphatic carbocycles. The van der Waals surface area contributed by atoms with Gasteiger partial charge < -0.3 is 5.73 Å². The average molecular weight is 216 g/mol. The molecular formula is C8H7F3N4. The van der Waals surface area contributed by atoms with Crippen LogP contribution in [0.5, 0.6) is 0 Å². The van der Waals surface area contributed by atoms with Crippen molar-refractivity contribution in [3.05, 3.63) is 23.7 Å². The van der Waals surface area contributed by atoms with Crippen LogP contribution >= 0.6 is 0 Å². The van der Waals surface area contributed by atoms with E-state index in [-0.39, 0.29) is 11.3 Å². The topological polar surface area (TPSA) is 56.2 Å². The van der Waals surface area contributed by atoms with Crippen molar-refractivity contribution in [1.29, 1.82) is 0 Å². The van der Waals surface area contributed by atoms with Crippen LogP contribution in [0.1, 0.15) is 11.4 Å². The van der Waals surface area contributed by atoms with E-state index in [9.17, 15) is 13.2 Å². The lowest BCUT2D eigenvalue weighted by Gasteiger charge is -1.97. The Hall–Kier alpha value is -1.79. The van der Waals surface area contributed by atoms with E-state index in [2.05, 4.69) is 10.1 Å². The third-order valence-electron chi connectivity index (χ3n) is 1.85. The van der Waals surface area contributed by atoms with Crippen LogP contribution < -0.4 is 5.73 Å². The quantitative estimate of drug-likeness (QED) is 0.728. The van der Waals surface area contributed by atoms with E-state index in [0.29, 0.717) is 0 Å². The van der Waals surface area contributed by atoms with E-state index in [0.717, 1.165) is 10.1 Å². The van der Waals surface area contributed by atoms with Crippen molar-refractivity contribution >= 4 is 11.3 Å². The first-order chi connectivity index (χ1) is 6.88. The molecule has 0 fully saturated rings. The van der Waals surface area contributed by atoms with Gasteiger partial charge in [0.2, 0.25) is 0 Å².